The van der Waals surface area contributed by atoms with Crippen LogP contribution in [0.5, 0.6) is 5.75 Å². The van der Waals surface area contributed by atoms with Gasteiger partial charge < -0.3 is 19.9 Å². The lowest BCUT2D eigenvalue weighted by atomic mass is 9.95. The largest absolute Gasteiger partial charge is 0.496 e. The van der Waals surface area contributed by atoms with E-state index in [1.54, 1.807) is 23.5 Å². The van der Waals surface area contributed by atoms with Crippen molar-refractivity contribution in [2.75, 3.05) is 37.0 Å². The number of aliphatic imine (C=N–C) groups is 1. The molecule has 0 fully saturated rings. The van der Waals surface area contributed by atoms with Crippen LogP contribution in [0.1, 0.15) is 27.1 Å². The zero-order chi connectivity index (χ0) is 30.8. The number of nitrogens with one attached hydrogen (secondary N) is 1. The van der Waals surface area contributed by atoms with E-state index in [-0.39, 0.29) is 5.69 Å². The third-order valence-corrected chi connectivity index (χ3v) is 10.00. The van der Waals surface area contributed by atoms with Gasteiger partial charge in [0, 0.05) is 34.1 Å². The van der Waals surface area contributed by atoms with Crippen molar-refractivity contribution in [3.63, 3.8) is 0 Å². The van der Waals surface area contributed by atoms with Gasteiger partial charge in [-0.05, 0) is 54.4 Å². The zero-order valence-corrected chi connectivity index (χ0v) is 27.0. The van der Waals surface area contributed by atoms with Gasteiger partial charge in [-0.25, -0.2) is 0 Å². The molecule has 1 N–H and O–H groups in total. The number of anilines is 2. The number of methoxy groups -OCH3 is 1. The maximum atomic E-state index is 11.7. The van der Waals surface area contributed by atoms with E-state index >= 15 is 0 Å². The summed E-state index contributed by atoms with van der Waals surface area (Å²) in [5.41, 5.74) is 5.49. The van der Waals surface area contributed by atoms with Gasteiger partial charge in [-0.2, -0.15) is 0 Å². The summed E-state index contributed by atoms with van der Waals surface area (Å²) in [5.74, 6) is 0.404. The Morgan fingerprint density at radius 3 is 2.68 bits per heavy atom. The molecule has 0 spiro atoms. The lowest BCUT2D eigenvalue weighted by Crippen LogP contribution is -2.38. The normalized spacial score (nSPS) is 14.3. The molecule has 0 aliphatic carbocycles. The van der Waals surface area contributed by atoms with Gasteiger partial charge in [0.25, 0.3) is 5.69 Å². The molecular weight excluding hydrogens is 634 g/mol. The van der Waals surface area contributed by atoms with Gasteiger partial charge >= 0.3 is 0 Å². The van der Waals surface area contributed by atoms with Crippen molar-refractivity contribution in [2.24, 2.45) is 4.99 Å². The zero-order valence-electron chi connectivity index (χ0n) is 23.8. The van der Waals surface area contributed by atoms with E-state index < -0.39 is 4.92 Å². The van der Waals surface area contributed by atoms with Gasteiger partial charge in [0.2, 0.25) is 0 Å². The molecule has 0 atom stereocenters. The minimum Gasteiger partial charge on any atom is -0.496 e. The molecule has 6 rings (SSSR count). The van der Waals surface area contributed by atoms with Crippen LogP contribution in [0.3, 0.4) is 0 Å². The molecule has 3 heterocycles. The highest BCUT2D eigenvalue weighted by Gasteiger charge is 2.34. The van der Waals surface area contributed by atoms with Crippen LogP contribution in [-0.4, -0.2) is 52.4 Å². The summed E-state index contributed by atoms with van der Waals surface area (Å²) in [4.78, 5) is 22.5. The average Bonchev–Trinajstić information content (AvgIpc) is 3.34. The molecule has 44 heavy (non-hydrogen) atoms. The molecule has 3 aromatic carbocycles. The summed E-state index contributed by atoms with van der Waals surface area (Å²) in [6.45, 7) is 2.32. The number of benzene rings is 3. The third kappa shape index (κ3) is 6.05. The van der Waals surface area contributed by atoms with Crippen molar-refractivity contribution in [1.29, 1.82) is 0 Å². The topological polar surface area (TPSA) is 83.2 Å². The van der Waals surface area contributed by atoms with E-state index in [0.29, 0.717) is 41.2 Å². The maximum absolute atomic E-state index is 11.7. The van der Waals surface area contributed by atoms with Crippen LogP contribution in [0.4, 0.5) is 16.4 Å². The summed E-state index contributed by atoms with van der Waals surface area (Å²) in [6.07, 6.45) is 1.56. The maximum Gasteiger partial charge on any atom is 0.296 e. The Balaban J connectivity index is 1.34. The van der Waals surface area contributed by atoms with Crippen molar-refractivity contribution >= 4 is 79.6 Å². The van der Waals surface area contributed by atoms with Gasteiger partial charge in [-0.1, -0.05) is 72.3 Å². The van der Waals surface area contributed by atoms with Crippen molar-refractivity contribution in [3.05, 3.63) is 115 Å². The summed E-state index contributed by atoms with van der Waals surface area (Å²) >= 11 is 20.2. The van der Waals surface area contributed by atoms with Crippen LogP contribution in [0, 0.1) is 10.1 Å². The number of hydrogen-bond donors (Lipinski definition) is 1. The predicted molar refractivity (Wildman–Crippen MR) is 186 cm³/mol. The lowest BCUT2D eigenvalue weighted by Gasteiger charge is -2.30. The van der Waals surface area contributed by atoms with Crippen molar-refractivity contribution in [2.45, 2.75) is 19.4 Å². The van der Waals surface area contributed by atoms with Crippen LogP contribution in [-0.2, 0) is 19.4 Å². The average molecular weight is 662 g/mol. The third-order valence-electron chi connectivity index (χ3n) is 7.72. The Bertz CT molecular complexity index is 1790. The Morgan fingerprint density at radius 2 is 1.93 bits per heavy atom. The van der Waals surface area contributed by atoms with Gasteiger partial charge in [-0.3, -0.25) is 15.1 Å². The van der Waals surface area contributed by atoms with Gasteiger partial charge in [0.05, 0.1) is 36.9 Å². The molecular formula is C32H28ClN5O3S3. The first kappa shape index (κ1) is 30.1. The second-order valence-corrected chi connectivity index (χ2v) is 12.7. The summed E-state index contributed by atoms with van der Waals surface area (Å²) < 4.78 is 5.17. The number of nitro benzene ring substituents is 1. The molecule has 0 unspecified atom stereocenters. The second-order valence-electron chi connectivity index (χ2n) is 10.4. The quantitative estimate of drug-likeness (QED) is 0.126. The Morgan fingerprint density at radius 1 is 1.16 bits per heavy atom. The van der Waals surface area contributed by atoms with E-state index in [4.69, 9.17) is 45.8 Å². The van der Waals surface area contributed by atoms with Gasteiger partial charge in [0.15, 0.2) is 5.11 Å². The summed E-state index contributed by atoms with van der Waals surface area (Å²) in [5, 5.41) is 17.0. The number of nitro groups is 1. The first-order chi connectivity index (χ1) is 21.3. The van der Waals surface area contributed by atoms with E-state index in [2.05, 4.69) is 34.5 Å². The number of thiophene rings is 1. The first-order valence-corrected chi connectivity index (χ1v) is 16.0. The van der Waals surface area contributed by atoms with E-state index in [9.17, 15) is 10.1 Å². The molecule has 1 aromatic heterocycles. The number of halogens is 1. The second kappa shape index (κ2) is 13.0. The predicted octanol–water partition coefficient (Wildman–Crippen LogP) is 7.30. The number of fused-ring (bicyclic) bond motifs is 3. The molecule has 0 radical (unpaired) electrons. The highest BCUT2D eigenvalue weighted by molar-refractivity contribution is 7.80. The highest BCUT2D eigenvalue weighted by Crippen LogP contribution is 2.43. The molecule has 0 saturated carbocycles. The summed E-state index contributed by atoms with van der Waals surface area (Å²) in [6, 6.07) is 22.8. The van der Waals surface area contributed by atoms with Crippen LogP contribution in [0.2, 0.25) is 5.02 Å². The van der Waals surface area contributed by atoms with Gasteiger partial charge in [-0.15, -0.1) is 11.3 Å². The first-order valence-electron chi connectivity index (χ1n) is 14.0. The fourth-order valence-corrected chi connectivity index (χ4v) is 7.71. The molecule has 2 aliphatic rings. The monoisotopic (exact) mass is 661 g/mol. The fourth-order valence-electron chi connectivity index (χ4n) is 5.50. The van der Waals surface area contributed by atoms with Crippen LogP contribution < -0.4 is 15.0 Å². The van der Waals surface area contributed by atoms with E-state index in [0.717, 1.165) is 51.1 Å². The highest BCUT2D eigenvalue weighted by atomic mass is 35.5. The number of rotatable bonds is 7. The number of nitrogens with zero attached hydrogens (tertiary/aromatic N) is 4. The Hall–Kier alpha value is -3.90. The van der Waals surface area contributed by atoms with Crippen LogP contribution >= 0.6 is 47.4 Å². The molecule has 2 aliphatic heterocycles. The van der Waals surface area contributed by atoms with Crippen LogP contribution in [0.15, 0.2) is 77.8 Å². The molecule has 12 heteroatoms. The molecule has 8 nitrogen and oxygen atoms in total. The molecule has 0 saturated heterocycles. The standard InChI is InChI=1S/C32H28ClN5O3S3/c1-41-21-11-12-25(26(17-21)38(39)40)35-32(43)36-15-14-23-27(19-36)44-31-29(23)30(22-9-5-6-10-24(22)33)34-18-28(42)37(31)16-13-20-7-3-2-4-8-20/h2-12,17H,13-16,18-19H2,1H3,(H,35,43). The SMILES string of the molecule is COc1ccc(NC(=S)N2CCc3c(sc4c3C(c3ccccc3Cl)=NCC(=S)N4CCc3ccccc3)C2)c([N+](=O)[O-])c1. The van der Waals surface area contributed by atoms with E-state index in [1.807, 2.05) is 35.2 Å². The molecule has 224 valence electrons. The van der Waals surface area contributed by atoms with Crippen molar-refractivity contribution in [3.8, 4) is 5.75 Å². The van der Waals surface area contributed by atoms with E-state index in [1.165, 1.54) is 24.3 Å². The number of hydrogen-bond acceptors (Lipinski definition) is 7. The minimum atomic E-state index is -0.444. The smallest absolute Gasteiger partial charge is 0.296 e. The van der Waals surface area contributed by atoms with Crippen molar-refractivity contribution in [1.82, 2.24) is 4.90 Å². The van der Waals surface area contributed by atoms with Crippen LogP contribution in [0.25, 0.3) is 0 Å². The number of thiocarbonyl (C=S) groups is 2. The minimum absolute atomic E-state index is 0.101. The Labute approximate surface area is 275 Å². The van der Waals surface area contributed by atoms with Crippen molar-refractivity contribution < 1.29 is 9.66 Å². The van der Waals surface area contributed by atoms with Gasteiger partial charge in [0.1, 0.15) is 21.4 Å². The molecule has 0 bridgehead atoms. The molecule has 0 amide bonds. The Kier molecular flexibility index (Phi) is 8.90. The fraction of sp³-hybridized carbons (Fsp3) is 0.219. The number of ether oxygens (including phenoxy) is 1. The molecule has 4 aromatic rings. The lowest BCUT2D eigenvalue weighted by molar-refractivity contribution is -0.384. The summed E-state index contributed by atoms with van der Waals surface area (Å²) in [7, 11) is 1.47.